The maximum atomic E-state index is 15.4. The summed E-state index contributed by atoms with van der Waals surface area (Å²) >= 11 is 0. The van der Waals surface area contributed by atoms with E-state index in [1.54, 1.807) is 0 Å². The monoisotopic (exact) mass is 966 g/mol. The number of unbranched alkanes of at least 4 members (excludes halogenated alkanes) is 15. The minimum atomic E-state index is -7.22. The summed E-state index contributed by atoms with van der Waals surface area (Å²) in [4.78, 5) is 0. The van der Waals surface area contributed by atoms with Gasteiger partial charge >= 0.3 is 0 Å². The lowest BCUT2D eigenvalue weighted by Gasteiger charge is -2.44. The lowest BCUT2D eigenvalue weighted by Crippen LogP contribution is -2.81. The second-order valence-electron chi connectivity index (χ2n) is 15.0. The van der Waals surface area contributed by atoms with Crippen LogP contribution in [0.2, 0.25) is 0 Å². The number of hydrogen-bond acceptors (Lipinski definition) is 0. The van der Waals surface area contributed by atoms with Crippen LogP contribution in [0.5, 0.6) is 0 Å². The maximum absolute atomic E-state index is 15.4. The van der Waals surface area contributed by atoms with Crippen molar-refractivity contribution >= 4 is 37.2 Å². The van der Waals surface area contributed by atoms with Crippen molar-refractivity contribution in [1.82, 2.24) is 0 Å². The Balaban J connectivity index is 0.000000483. The van der Waals surface area contributed by atoms with Crippen molar-refractivity contribution in [2.75, 3.05) is 6.16 Å². The quantitative estimate of drug-likeness (QED) is 0.0207. The summed E-state index contributed by atoms with van der Waals surface area (Å²) in [5.41, 5.74) is -14.3. The molecule has 0 aromatic heterocycles. The fraction of sp³-hybridized carbons (Fsp3) is 0.429. The average molecular weight is 967 g/mol. The van der Waals surface area contributed by atoms with Crippen LogP contribution in [0.3, 0.4) is 0 Å². The highest BCUT2D eigenvalue weighted by Crippen LogP contribution is 2.31. The Morgan fingerprint density at radius 2 is 0.375 bits per heavy atom. The first-order chi connectivity index (χ1) is 30.1. The van der Waals surface area contributed by atoms with Gasteiger partial charge in [-0.05, 0) is 22.1 Å². The molecule has 1 atom stereocenters. The molecule has 22 heteroatoms. The van der Waals surface area contributed by atoms with Gasteiger partial charge in [-0.2, -0.15) is 0 Å². The van der Waals surface area contributed by atoms with Crippen LogP contribution in [0.15, 0.2) is 0 Å². The summed E-state index contributed by atoms with van der Waals surface area (Å²) < 4.78 is 294. The molecule has 0 aliphatic rings. The largest absolute Gasteiger partial charge is 0.207 e. The first kappa shape index (κ1) is 54.3. The van der Waals surface area contributed by atoms with Crippen LogP contribution in [0.25, 0.3) is 0 Å². The van der Waals surface area contributed by atoms with Crippen molar-refractivity contribution in [2.24, 2.45) is 0 Å². The van der Waals surface area contributed by atoms with E-state index in [1.165, 1.54) is 109 Å². The van der Waals surface area contributed by atoms with E-state index in [-0.39, 0.29) is 0 Å². The van der Waals surface area contributed by atoms with Gasteiger partial charge in [0.15, 0.2) is 69.8 Å². The van der Waals surface area contributed by atoms with E-state index in [2.05, 4.69) is 16.2 Å². The lowest BCUT2D eigenvalue weighted by molar-refractivity contribution is 0.378. The molecule has 64 heavy (non-hydrogen) atoms. The van der Waals surface area contributed by atoms with Crippen LogP contribution in [0.4, 0.5) is 87.8 Å². The molecule has 4 aromatic carbocycles. The Kier molecular flexibility index (Phi) is 20.3. The summed E-state index contributed by atoms with van der Waals surface area (Å²) in [6.07, 6.45) is 17.8. The minimum absolute atomic E-state index is 1.37. The third kappa shape index (κ3) is 10.8. The van der Waals surface area contributed by atoms with Crippen molar-refractivity contribution in [3.63, 3.8) is 0 Å². The van der Waals surface area contributed by atoms with Gasteiger partial charge in [0.25, 0.3) is 0 Å². The van der Waals surface area contributed by atoms with Gasteiger partial charge in [-0.3, -0.25) is 0 Å². The Hall–Kier alpha value is -4.03. The van der Waals surface area contributed by atoms with Crippen molar-refractivity contribution < 1.29 is 87.8 Å². The smallest absolute Gasteiger partial charge is 0.200 e. The topological polar surface area (TPSA) is 0 Å². The summed E-state index contributed by atoms with van der Waals surface area (Å²) in [6, 6.07) is 0. The van der Waals surface area contributed by atoms with E-state index in [0.29, 0.717) is 0 Å². The zero-order chi connectivity index (χ0) is 48.4. The number of hydrogen-bond donors (Lipinski definition) is 0. The molecule has 356 valence electrons. The van der Waals surface area contributed by atoms with Gasteiger partial charge in [0.05, 0.1) is 6.16 Å². The Morgan fingerprint density at radius 3 is 0.531 bits per heavy atom. The van der Waals surface area contributed by atoms with Crippen LogP contribution in [-0.2, 0) is 0 Å². The first-order valence-electron chi connectivity index (χ1n) is 20.1. The third-order valence-electron chi connectivity index (χ3n) is 10.8. The molecule has 0 spiro atoms. The number of benzene rings is 4. The van der Waals surface area contributed by atoms with Gasteiger partial charge in [0.2, 0.25) is 0 Å². The van der Waals surface area contributed by atoms with Gasteiger partial charge < -0.3 is 0 Å². The molecule has 0 heterocycles. The molecule has 0 saturated carbocycles. The number of rotatable bonds is 20. The Labute approximate surface area is 356 Å². The first-order valence-corrected chi connectivity index (χ1v) is 21.1. The predicted octanol–water partition coefficient (Wildman–Crippen LogP) is 12.7. The van der Waals surface area contributed by atoms with Gasteiger partial charge in [0.1, 0.15) is 52.7 Å². The van der Waals surface area contributed by atoms with Crippen molar-refractivity contribution in [3.05, 3.63) is 116 Å². The van der Waals surface area contributed by atoms with Crippen molar-refractivity contribution in [1.29, 1.82) is 0 Å². The average Bonchev–Trinajstić information content (AvgIpc) is 3.27. The van der Waals surface area contributed by atoms with Crippen LogP contribution in [-0.4, -0.2) is 12.3 Å². The van der Waals surface area contributed by atoms with E-state index < -0.39 is 144 Å². The molecule has 0 bridgehead atoms. The molecule has 1 unspecified atom stereocenters. The molecule has 4 rings (SSSR count). The van der Waals surface area contributed by atoms with Gasteiger partial charge in [-0.15, -0.1) is 21.9 Å². The Morgan fingerprint density at radius 1 is 0.234 bits per heavy atom. The number of halogens is 20. The highest BCUT2D eigenvalue weighted by molar-refractivity contribution is 7.20. The highest BCUT2D eigenvalue weighted by atomic mass is 31.0. The van der Waals surface area contributed by atoms with Crippen LogP contribution in [0, 0.1) is 116 Å². The summed E-state index contributed by atoms with van der Waals surface area (Å²) in [6.45, 7) is 2.30. The zero-order valence-electron chi connectivity index (χ0n) is 33.9. The SMILES string of the molecule is CCCCCCCCCCCCCCCCCC[PH3+].Fc1c(F)c(F)c([B-](c2c(F)c(F)c(F)c(F)c2F)(c2c(F)c(F)c(F)c(F)c2F)c2c(F)c(F)c(F)c(F)c2F)c(F)c1F. The van der Waals surface area contributed by atoms with E-state index in [1.807, 2.05) is 0 Å². The summed E-state index contributed by atoms with van der Waals surface area (Å²) in [7, 11) is 2.12. The van der Waals surface area contributed by atoms with E-state index in [0.717, 1.165) is 0 Å². The van der Waals surface area contributed by atoms with Crippen LogP contribution < -0.4 is 21.9 Å². The van der Waals surface area contributed by atoms with Gasteiger partial charge in [0, 0.05) is 0 Å². The molecular formula is C42H40BF20P. The second-order valence-corrected chi connectivity index (χ2v) is 15.7. The molecule has 0 amide bonds. The molecule has 0 fully saturated rings. The molecule has 0 nitrogen and oxygen atoms in total. The fourth-order valence-electron chi connectivity index (χ4n) is 7.60. The maximum Gasteiger partial charge on any atom is 0.200 e. The normalized spacial score (nSPS) is 11.8. The predicted molar refractivity (Wildman–Crippen MR) is 205 cm³/mol. The Bertz CT molecular complexity index is 1870. The van der Waals surface area contributed by atoms with Crippen molar-refractivity contribution in [3.8, 4) is 0 Å². The van der Waals surface area contributed by atoms with Crippen molar-refractivity contribution in [2.45, 2.75) is 110 Å². The summed E-state index contributed by atoms with van der Waals surface area (Å²) in [5, 5.41) is 0. The molecule has 0 saturated heterocycles. The minimum Gasteiger partial charge on any atom is -0.207 e. The standard InChI is InChI=1S/C24BF20.C18H39P/c26-5-1(6(27)14(35)21(42)13(5)34)25(2-7(28)15(36)22(43)16(37)8(2)29,3-9(30)17(38)23(44)18(39)10(3)31)4-11(32)19(40)24(45)20(41)12(4)33;1-2-3-4-5-6-7-8-9-10-11-12-13-14-15-16-17-18-19/h;2-19H2,1H3/q-1;/p+1. The van der Waals surface area contributed by atoms with Gasteiger partial charge in [-0.25, -0.2) is 87.8 Å². The van der Waals surface area contributed by atoms with E-state index in [4.69, 9.17) is 0 Å². The molecule has 0 aliphatic carbocycles. The van der Waals surface area contributed by atoms with Crippen LogP contribution in [0.1, 0.15) is 110 Å². The van der Waals surface area contributed by atoms with E-state index in [9.17, 15) is 52.7 Å². The molecule has 0 N–H and O–H groups in total. The fourth-order valence-corrected chi connectivity index (χ4v) is 7.95. The third-order valence-corrected chi connectivity index (χ3v) is 11.3. The lowest BCUT2D eigenvalue weighted by atomic mass is 9.12. The summed E-state index contributed by atoms with van der Waals surface area (Å²) in [5.74, 6) is -71.4. The molecule has 0 aliphatic heterocycles. The zero-order valence-corrected chi connectivity index (χ0v) is 35.3. The molecular weight excluding hydrogens is 926 g/mol. The van der Waals surface area contributed by atoms with Crippen LogP contribution >= 0.6 is 9.24 Å². The highest BCUT2D eigenvalue weighted by Gasteiger charge is 2.52. The van der Waals surface area contributed by atoms with E-state index >= 15 is 35.1 Å². The molecule has 0 radical (unpaired) electrons. The molecule has 4 aromatic rings. The second kappa shape index (κ2) is 23.9. The van der Waals surface area contributed by atoms with Gasteiger partial charge in [-0.1, -0.05) is 96.8 Å².